The maximum Gasteiger partial charge on any atom is 0.0847 e. The summed E-state index contributed by atoms with van der Waals surface area (Å²) in [5.74, 6) is 1.63. The molecule has 0 aliphatic heterocycles. The number of hydrogen-bond acceptors (Lipinski definition) is 2. The van der Waals surface area contributed by atoms with E-state index in [1.807, 2.05) is 6.92 Å². The molecule has 0 aromatic rings. The molecule has 0 amide bonds. The fourth-order valence-electron chi connectivity index (χ4n) is 1.57. The lowest BCUT2D eigenvalue weighted by atomic mass is 10.2. The van der Waals surface area contributed by atoms with Crippen LogP contribution < -0.4 is 0 Å². The van der Waals surface area contributed by atoms with E-state index in [1.54, 1.807) is 0 Å². The molecular formula is C11H19BrCl2O2. The first-order valence-electron chi connectivity index (χ1n) is 5.72. The molecule has 5 heteroatoms. The Morgan fingerprint density at radius 1 is 1.25 bits per heavy atom. The summed E-state index contributed by atoms with van der Waals surface area (Å²) in [6.45, 7) is 3.37. The van der Waals surface area contributed by atoms with Crippen molar-refractivity contribution in [3.05, 3.63) is 0 Å². The van der Waals surface area contributed by atoms with Crippen molar-refractivity contribution in [3.8, 4) is 0 Å². The number of hydrogen-bond donors (Lipinski definition) is 0. The Bertz CT molecular complexity index is 189. The maximum absolute atomic E-state index is 5.84. The first-order valence-corrected chi connectivity index (χ1v) is 7.70. The number of halogens is 3. The average Bonchev–Trinajstić information content (AvgIpc) is 3.11. The van der Waals surface area contributed by atoms with Gasteiger partial charge < -0.3 is 9.47 Å². The summed E-state index contributed by atoms with van der Waals surface area (Å²) in [4.78, 5) is 0.105. The topological polar surface area (TPSA) is 18.5 Å². The normalized spacial score (nSPS) is 21.8. The molecule has 0 aromatic heterocycles. The SMILES string of the molecule is CCOC(COC(CCl)C(Br)CCl)C1CC1. The van der Waals surface area contributed by atoms with Crippen molar-refractivity contribution in [2.45, 2.75) is 36.8 Å². The molecule has 3 unspecified atom stereocenters. The molecule has 0 N–H and O–H groups in total. The van der Waals surface area contributed by atoms with Crippen LogP contribution in [0.3, 0.4) is 0 Å². The highest BCUT2D eigenvalue weighted by Crippen LogP contribution is 2.34. The van der Waals surface area contributed by atoms with Crippen LogP contribution in [0.25, 0.3) is 0 Å². The quantitative estimate of drug-likeness (QED) is 0.602. The van der Waals surface area contributed by atoms with Gasteiger partial charge in [0.15, 0.2) is 0 Å². The monoisotopic (exact) mass is 332 g/mol. The van der Waals surface area contributed by atoms with Crippen molar-refractivity contribution in [2.24, 2.45) is 5.92 Å². The molecule has 0 spiro atoms. The van der Waals surface area contributed by atoms with Crippen molar-refractivity contribution in [1.82, 2.24) is 0 Å². The Balaban J connectivity index is 2.28. The molecule has 0 bridgehead atoms. The van der Waals surface area contributed by atoms with E-state index in [0.717, 1.165) is 6.61 Å². The molecular weight excluding hydrogens is 315 g/mol. The van der Waals surface area contributed by atoms with E-state index in [1.165, 1.54) is 12.8 Å². The minimum atomic E-state index is -0.0409. The predicted octanol–water partition coefficient (Wildman–Crippen LogP) is 3.43. The van der Waals surface area contributed by atoms with Crippen LogP contribution in [0.4, 0.5) is 0 Å². The van der Waals surface area contributed by atoms with E-state index in [-0.39, 0.29) is 17.0 Å². The van der Waals surface area contributed by atoms with Gasteiger partial charge in [0.2, 0.25) is 0 Å². The maximum atomic E-state index is 5.84. The van der Waals surface area contributed by atoms with E-state index >= 15 is 0 Å². The van der Waals surface area contributed by atoms with E-state index in [4.69, 9.17) is 32.7 Å². The van der Waals surface area contributed by atoms with Gasteiger partial charge in [-0.05, 0) is 25.7 Å². The molecule has 3 atom stereocenters. The highest BCUT2D eigenvalue weighted by Gasteiger charge is 2.32. The zero-order valence-corrected chi connectivity index (χ0v) is 12.6. The molecule has 0 aromatic carbocycles. The fraction of sp³-hybridized carbons (Fsp3) is 1.00. The summed E-state index contributed by atoms with van der Waals surface area (Å²) < 4.78 is 11.4. The molecule has 1 saturated carbocycles. The van der Waals surface area contributed by atoms with Crippen molar-refractivity contribution in [1.29, 1.82) is 0 Å². The van der Waals surface area contributed by atoms with Gasteiger partial charge in [-0.15, -0.1) is 23.2 Å². The van der Waals surface area contributed by atoms with Gasteiger partial charge in [0.1, 0.15) is 0 Å². The Morgan fingerprint density at radius 2 is 1.94 bits per heavy atom. The lowest BCUT2D eigenvalue weighted by Gasteiger charge is -2.23. The largest absolute Gasteiger partial charge is 0.376 e. The van der Waals surface area contributed by atoms with E-state index < -0.39 is 0 Å². The lowest BCUT2D eigenvalue weighted by Crippen LogP contribution is -2.32. The van der Waals surface area contributed by atoms with Crippen molar-refractivity contribution < 1.29 is 9.47 Å². The zero-order valence-electron chi connectivity index (χ0n) is 9.50. The van der Waals surface area contributed by atoms with Gasteiger partial charge in [-0.2, -0.15) is 0 Å². The third kappa shape index (κ3) is 5.09. The van der Waals surface area contributed by atoms with Gasteiger partial charge in [-0.1, -0.05) is 15.9 Å². The van der Waals surface area contributed by atoms with Crippen LogP contribution in [0.1, 0.15) is 19.8 Å². The highest BCUT2D eigenvalue weighted by atomic mass is 79.9. The van der Waals surface area contributed by atoms with Crippen LogP contribution in [-0.2, 0) is 9.47 Å². The molecule has 1 rings (SSSR count). The summed E-state index contributed by atoms with van der Waals surface area (Å²) >= 11 is 15.1. The van der Waals surface area contributed by atoms with Gasteiger partial charge in [-0.3, -0.25) is 0 Å². The van der Waals surface area contributed by atoms with Crippen molar-refractivity contribution in [2.75, 3.05) is 25.0 Å². The second-order valence-corrected chi connectivity index (χ2v) is 5.82. The summed E-state index contributed by atoms with van der Waals surface area (Å²) in [6, 6.07) is 0. The summed E-state index contributed by atoms with van der Waals surface area (Å²) in [5.41, 5.74) is 0. The Morgan fingerprint density at radius 3 is 2.38 bits per heavy atom. The molecule has 2 nitrogen and oxygen atoms in total. The molecule has 16 heavy (non-hydrogen) atoms. The second kappa shape index (κ2) is 8.15. The van der Waals surface area contributed by atoms with Crippen LogP contribution in [0.15, 0.2) is 0 Å². The number of alkyl halides is 3. The van der Waals surface area contributed by atoms with Crippen LogP contribution in [-0.4, -0.2) is 42.0 Å². The minimum Gasteiger partial charge on any atom is -0.376 e. The summed E-state index contributed by atoms with van der Waals surface area (Å²) in [5, 5.41) is 0. The van der Waals surface area contributed by atoms with Gasteiger partial charge in [0.25, 0.3) is 0 Å². The van der Waals surface area contributed by atoms with Crippen LogP contribution in [0.5, 0.6) is 0 Å². The summed E-state index contributed by atoms with van der Waals surface area (Å²) in [6.07, 6.45) is 2.70. The third-order valence-corrected chi connectivity index (χ3v) is 4.63. The van der Waals surface area contributed by atoms with Gasteiger partial charge in [0.05, 0.1) is 23.6 Å². The first kappa shape index (κ1) is 15.0. The Labute approximate surface area is 116 Å². The second-order valence-electron chi connectivity index (χ2n) is 4.03. The van der Waals surface area contributed by atoms with E-state index in [0.29, 0.717) is 24.3 Å². The molecule has 96 valence electrons. The predicted molar refractivity (Wildman–Crippen MR) is 72.0 cm³/mol. The summed E-state index contributed by atoms with van der Waals surface area (Å²) in [7, 11) is 0. The van der Waals surface area contributed by atoms with Crippen LogP contribution >= 0.6 is 39.1 Å². The average molecular weight is 334 g/mol. The lowest BCUT2D eigenvalue weighted by molar-refractivity contribution is -0.0429. The van der Waals surface area contributed by atoms with Crippen LogP contribution in [0.2, 0.25) is 0 Å². The van der Waals surface area contributed by atoms with Crippen LogP contribution in [0, 0.1) is 5.92 Å². The molecule has 0 heterocycles. The Hall–Kier alpha value is 0.980. The Kier molecular flexibility index (Phi) is 7.66. The molecule has 1 fully saturated rings. The highest BCUT2D eigenvalue weighted by molar-refractivity contribution is 9.09. The van der Waals surface area contributed by atoms with E-state index in [9.17, 15) is 0 Å². The van der Waals surface area contributed by atoms with Gasteiger partial charge >= 0.3 is 0 Å². The van der Waals surface area contributed by atoms with E-state index in [2.05, 4.69) is 15.9 Å². The molecule has 1 aliphatic carbocycles. The fourth-order valence-corrected chi connectivity index (χ4v) is 2.62. The number of ether oxygens (including phenoxy) is 2. The smallest absolute Gasteiger partial charge is 0.0847 e. The van der Waals surface area contributed by atoms with Crippen molar-refractivity contribution in [3.63, 3.8) is 0 Å². The van der Waals surface area contributed by atoms with Gasteiger partial charge in [0, 0.05) is 18.4 Å². The first-order chi connectivity index (χ1) is 7.72. The zero-order chi connectivity index (χ0) is 12.0. The van der Waals surface area contributed by atoms with Gasteiger partial charge in [-0.25, -0.2) is 0 Å². The third-order valence-electron chi connectivity index (χ3n) is 2.71. The van der Waals surface area contributed by atoms with Crippen molar-refractivity contribution >= 4 is 39.1 Å². The minimum absolute atomic E-state index is 0.0409. The standard InChI is InChI=1S/C11H19BrCl2O2/c1-2-15-11(8-3-4-8)7-16-10(6-14)9(12)5-13/h8-11H,2-7H2,1H3. The molecule has 0 saturated heterocycles. The molecule has 0 radical (unpaired) electrons. The molecule has 1 aliphatic rings. The number of rotatable bonds is 9.